The van der Waals surface area contributed by atoms with Crippen molar-refractivity contribution in [2.24, 2.45) is 11.3 Å². The van der Waals surface area contributed by atoms with E-state index in [9.17, 15) is 0 Å². The Labute approximate surface area is 116 Å². The first-order valence-corrected chi connectivity index (χ1v) is 7.94. The average Bonchev–Trinajstić information content (AvgIpc) is 2.35. The predicted molar refractivity (Wildman–Crippen MR) is 83.1 cm³/mol. The Morgan fingerprint density at radius 1 is 1.17 bits per heavy atom. The minimum Gasteiger partial charge on any atom is -0.316 e. The molecular weight excluding hydrogens is 220 g/mol. The molecule has 18 heavy (non-hydrogen) atoms. The van der Waals surface area contributed by atoms with Crippen molar-refractivity contribution >= 4 is 0 Å². The smallest absolute Gasteiger partial charge is 0.00475 e. The molecule has 2 atom stereocenters. The van der Waals surface area contributed by atoms with E-state index in [0.717, 1.165) is 19.0 Å². The van der Waals surface area contributed by atoms with Crippen LogP contribution in [0.1, 0.15) is 60.8 Å². The van der Waals surface area contributed by atoms with E-state index in [0.29, 0.717) is 5.41 Å². The standard InChI is InChI=1S/C16H36N2/c1-7-11-16(6,13-17-9-3)14-18(10-4)12-15(5)8-2/h15,17H,7-14H2,1-6H3. The van der Waals surface area contributed by atoms with Crippen molar-refractivity contribution < 1.29 is 0 Å². The Kier molecular flexibility index (Phi) is 9.76. The molecule has 0 aromatic heterocycles. The largest absolute Gasteiger partial charge is 0.316 e. The summed E-state index contributed by atoms with van der Waals surface area (Å²) in [5.74, 6) is 0.815. The Hall–Kier alpha value is -0.0800. The molecule has 0 aromatic rings. The van der Waals surface area contributed by atoms with Gasteiger partial charge in [0.05, 0.1) is 0 Å². The molecule has 0 rings (SSSR count). The van der Waals surface area contributed by atoms with Gasteiger partial charge in [-0.2, -0.15) is 0 Å². The van der Waals surface area contributed by atoms with Crippen molar-refractivity contribution in [3.8, 4) is 0 Å². The van der Waals surface area contributed by atoms with E-state index in [1.165, 1.54) is 38.9 Å². The minimum absolute atomic E-state index is 0.425. The van der Waals surface area contributed by atoms with Crippen LogP contribution in [0, 0.1) is 11.3 Å². The number of hydrogen-bond acceptors (Lipinski definition) is 2. The van der Waals surface area contributed by atoms with Crippen LogP contribution in [-0.4, -0.2) is 37.6 Å². The maximum Gasteiger partial charge on any atom is 0.00475 e. The summed E-state index contributed by atoms with van der Waals surface area (Å²) in [5, 5.41) is 3.54. The number of hydrogen-bond donors (Lipinski definition) is 1. The molecule has 0 aliphatic heterocycles. The summed E-state index contributed by atoms with van der Waals surface area (Å²) >= 11 is 0. The molecule has 0 aromatic carbocycles. The molecule has 0 amide bonds. The highest BCUT2D eigenvalue weighted by Crippen LogP contribution is 2.24. The average molecular weight is 256 g/mol. The molecule has 0 aliphatic carbocycles. The van der Waals surface area contributed by atoms with Crippen LogP contribution in [-0.2, 0) is 0 Å². The molecule has 0 aliphatic rings. The lowest BCUT2D eigenvalue weighted by Gasteiger charge is -2.36. The predicted octanol–water partition coefficient (Wildman–Crippen LogP) is 3.77. The molecule has 2 nitrogen and oxygen atoms in total. The maximum absolute atomic E-state index is 3.54. The van der Waals surface area contributed by atoms with Gasteiger partial charge >= 0.3 is 0 Å². The van der Waals surface area contributed by atoms with Crippen LogP contribution in [0.5, 0.6) is 0 Å². The fraction of sp³-hybridized carbons (Fsp3) is 1.00. The van der Waals surface area contributed by atoms with Crippen LogP contribution in [0.25, 0.3) is 0 Å². The second kappa shape index (κ2) is 9.80. The first-order chi connectivity index (χ1) is 8.51. The van der Waals surface area contributed by atoms with Gasteiger partial charge in [-0.15, -0.1) is 0 Å². The third-order valence-corrected chi connectivity index (χ3v) is 3.97. The fourth-order valence-corrected chi connectivity index (χ4v) is 2.67. The number of nitrogens with zero attached hydrogens (tertiary/aromatic N) is 1. The van der Waals surface area contributed by atoms with E-state index in [2.05, 4.69) is 51.8 Å². The van der Waals surface area contributed by atoms with Gasteiger partial charge in [0.1, 0.15) is 0 Å². The lowest BCUT2D eigenvalue weighted by Crippen LogP contribution is -2.43. The Bertz CT molecular complexity index is 194. The summed E-state index contributed by atoms with van der Waals surface area (Å²) in [7, 11) is 0. The topological polar surface area (TPSA) is 15.3 Å². The van der Waals surface area contributed by atoms with E-state index < -0.39 is 0 Å². The summed E-state index contributed by atoms with van der Waals surface area (Å²) < 4.78 is 0. The summed E-state index contributed by atoms with van der Waals surface area (Å²) in [4.78, 5) is 2.64. The van der Waals surface area contributed by atoms with E-state index in [4.69, 9.17) is 0 Å². The molecule has 2 heteroatoms. The van der Waals surface area contributed by atoms with Gasteiger partial charge in [0, 0.05) is 19.6 Å². The maximum atomic E-state index is 3.54. The molecule has 2 unspecified atom stereocenters. The molecule has 1 N–H and O–H groups in total. The summed E-state index contributed by atoms with van der Waals surface area (Å²) in [6, 6.07) is 0. The molecule has 0 spiro atoms. The van der Waals surface area contributed by atoms with Gasteiger partial charge in [0.2, 0.25) is 0 Å². The molecule has 0 saturated carbocycles. The lowest BCUT2D eigenvalue weighted by atomic mass is 9.84. The Morgan fingerprint density at radius 2 is 1.83 bits per heavy atom. The van der Waals surface area contributed by atoms with E-state index in [1.54, 1.807) is 0 Å². The first kappa shape index (κ1) is 17.9. The normalized spacial score (nSPS) is 16.8. The fourth-order valence-electron chi connectivity index (χ4n) is 2.67. The van der Waals surface area contributed by atoms with Gasteiger partial charge in [-0.25, -0.2) is 0 Å². The molecule has 0 fully saturated rings. The highest BCUT2D eigenvalue weighted by molar-refractivity contribution is 4.80. The van der Waals surface area contributed by atoms with Gasteiger partial charge in [-0.05, 0) is 30.8 Å². The van der Waals surface area contributed by atoms with Crippen LogP contribution in [0.3, 0.4) is 0 Å². The Balaban J connectivity index is 4.41. The summed E-state index contributed by atoms with van der Waals surface area (Å²) in [6.07, 6.45) is 3.88. The molecule has 0 heterocycles. The van der Waals surface area contributed by atoms with Crippen LogP contribution < -0.4 is 5.32 Å². The van der Waals surface area contributed by atoms with Crippen LogP contribution in [0.2, 0.25) is 0 Å². The molecule has 0 radical (unpaired) electrons. The van der Waals surface area contributed by atoms with Gasteiger partial charge in [-0.1, -0.05) is 54.4 Å². The van der Waals surface area contributed by atoms with Crippen LogP contribution in [0.4, 0.5) is 0 Å². The minimum atomic E-state index is 0.425. The van der Waals surface area contributed by atoms with Crippen molar-refractivity contribution in [1.82, 2.24) is 10.2 Å². The highest BCUT2D eigenvalue weighted by Gasteiger charge is 2.25. The van der Waals surface area contributed by atoms with Crippen molar-refractivity contribution in [2.75, 3.05) is 32.7 Å². The Morgan fingerprint density at radius 3 is 2.28 bits per heavy atom. The third kappa shape index (κ3) is 7.38. The van der Waals surface area contributed by atoms with Crippen molar-refractivity contribution in [1.29, 1.82) is 0 Å². The molecular formula is C16H36N2. The molecule has 110 valence electrons. The van der Waals surface area contributed by atoms with Crippen molar-refractivity contribution in [2.45, 2.75) is 60.8 Å². The zero-order chi connectivity index (χ0) is 14.0. The van der Waals surface area contributed by atoms with Crippen LogP contribution >= 0.6 is 0 Å². The lowest BCUT2D eigenvalue weighted by molar-refractivity contribution is 0.140. The second-order valence-corrected chi connectivity index (χ2v) is 6.18. The van der Waals surface area contributed by atoms with Gasteiger partial charge in [0.15, 0.2) is 0 Å². The van der Waals surface area contributed by atoms with E-state index in [-0.39, 0.29) is 0 Å². The van der Waals surface area contributed by atoms with Gasteiger partial charge in [-0.3, -0.25) is 0 Å². The second-order valence-electron chi connectivity index (χ2n) is 6.18. The first-order valence-electron chi connectivity index (χ1n) is 7.94. The highest BCUT2D eigenvalue weighted by atomic mass is 15.1. The molecule has 0 bridgehead atoms. The van der Waals surface area contributed by atoms with E-state index in [1.807, 2.05) is 0 Å². The van der Waals surface area contributed by atoms with E-state index >= 15 is 0 Å². The number of nitrogens with one attached hydrogen (secondary N) is 1. The zero-order valence-corrected chi connectivity index (χ0v) is 13.7. The number of rotatable bonds is 11. The van der Waals surface area contributed by atoms with Crippen molar-refractivity contribution in [3.05, 3.63) is 0 Å². The monoisotopic (exact) mass is 256 g/mol. The zero-order valence-electron chi connectivity index (χ0n) is 13.7. The van der Waals surface area contributed by atoms with Crippen molar-refractivity contribution in [3.63, 3.8) is 0 Å². The third-order valence-electron chi connectivity index (χ3n) is 3.97. The summed E-state index contributed by atoms with van der Waals surface area (Å²) in [5.41, 5.74) is 0.425. The van der Waals surface area contributed by atoms with Gasteiger partial charge in [0.25, 0.3) is 0 Å². The quantitative estimate of drug-likeness (QED) is 0.605. The van der Waals surface area contributed by atoms with Gasteiger partial charge < -0.3 is 10.2 Å². The SMILES string of the molecule is CCCC(C)(CNCC)CN(CC)CC(C)CC. The molecule has 0 saturated heterocycles. The summed E-state index contributed by atoms with van der Waals surface area (Å²) in [6.45, 7) is 19.8. The van der Waals surface area contributed by atoms with Crippen LogP contribution in [0.15, 0.2) is 0 Å².